The van der Waals surface area contributed by atoms with E-state index in [4.69, 9.17) is 29.5 Å². The number of ether oxygens (including phenoxy) is 2. The van der Waals surface area contributed by atoms with E-state index in [1.807, 2.05) is 6.07 Å². The topological polar surface area (TPSA) is 130 Å². The van der Waals surface area contributed by atoms with E-state index in [2.05, 4.69) is 38.4 Å². The average Bonchev–Trinajstić information content (AvgIpc) is 3.76. The van der Waals surface area contributed by atoms with E-state index in [9.17, 15) is 10.1 Å². The molecule has 12 heteroatoms. The number of hydrogen-bond donors (Lipinski definition) is 1. The Morgan fingerprint density at radius 3 is 2.70 bits per heavy atom. The number of likely N-dealkylation sites (N-methyl/N-ethyl adjacent to an activating group) is 1. The molecule has 3 aromatic rings. The van der Waals surface area contributed by atoms with Gasteiger partial charge in [0.15, 0.2) is 5.82 Å². The molecule has 1 aliphatic carbocycles. The van der Waals surface area contributed by atoms with Crippen molar-refractivity contribution in [1.29, 1.82) is 5.26 Å². The van der Waals surface area contributed by atoms with Crippen LogP contribution in [0.15, 0.2) is 24.8 Å². The van der Waals surface area contributed by atoms with Gasteiger partial charge < -0.3 is 20.1 Å². The van der Waals surface area contributed by atoms with E-state index in [0.29, 0.717) is 65.8 Å². The number of nitrogens with zero attached hydrogens (tertiary/aromatic N) is 6. The Balaban J connectivity index is 1.30. The van der Waals surface area contributed by atoms with Crippen molar-refractivity contribution in [3.8, 4) is 29.3 Å². The van der Waals surface area contributed by atoms with Crippen LogP contribution >= 0.6 is 22.9 Å². The predicted molar refractivity (Wildman–Crippen MR) is 172 cm³/mol. The quantitative estimate of drug-likeness (QED) is 0.334. The first-order valence-electron chi connectivity index (χ1n) is 15.3. The summed E-state index contributed by atoms with van der Waals surface area (Å²) in [5.41, 5.74) is 8.19. The van der Waals surface area contributed by atoms with E-state index < -0.39 is 0 Å². The molecule has 0 radical (unpaired) electrons. The number of aromatic nitrogens is 3. The molecule has 0 saturated carbocycles. The van der Waals surface area contributed by atoms with E-state index in [-0.39, 0.29) is 23.5 Å². The van der Waals surface area contributed by atoms with Gasteiger partial charge in [-0.2, -0.15) is 19.6 Å². The second kappa shape index (κ2) is 12.5. The lowest BCUT2D eigenvalue weighted by Crippen LogP contribution is -2.41. The third kappa shape index (κ3) is 5.80. The first-order chi connectivity index (χ1) is 21.2. The van der Waals surface area contributed by atoms with Crippen LogP contribution in [0, 0.1) is 11.3 Å². The first-order valence-corrected chi connectivity index (χ1v) is 16.9. The van der Waals surface area contributed by atoms with Gasteiger partial charge in [0.1, 0.15) is 29.0 Å². The number of carbonyl (C=O) groups is 1. The summed E-state index contributed by atoms with van der Waals surface area (Å²) in [6, 6.07) is 6.48. The molecule has 44 heavy (non-hydrogen) atoms. The number of nitrogen functional groups attached to an aromatic ring is 1. The molecule has 3 aliphatic rings. The Labute approximate surface area is 266 Å². The second-order valence-electron chi connectivity index (χ2n) is 12.2. The lowest BCUT2D eigenvalue weighted by molar-refractivity contribution is -0.127. The maximum absolute atomic E-state index is 12.1. The molecule has 3 atom stereocenters. The Hall–Kier alpha value is -3.53. The largest absolute Gasteiger partial charge is 0.474 e. The summed E-state index contributed by atoms with van der Waals surface area (Å²) in [4.78, 5) is 28.1. The van der Waals surface area contributed by atoms with Gasteiger partial charge in [-0.3, -0.25) is 9.69 Å². The van der Waals surface area contributed by atoms with Crippen molar-refractivity contribution in [2.75, 3.05) is 32.4 Å². The molecule has 2 N–H and O–H groups in total. The number of amides is 1. The van der Waals surface area contributed by atoms with Crippen LogP contribution in [0.3, 0.4) is 0 Å². The van der Waals surface area contributed by atoms with Crippen LogP contribution in [0.2, 0.25) is 0 Å². The number of hydrogen-bond acceptors (Lipinski definition) is 11. The second-order valence-corrected chi connectivity index (χ2v) is 14.2. The summed E-state index contributed by atoms with van der Waals surface area (Å²) in [6.45, 7) is 10.1. The predicted octanol–water partition coefficient (Wildman–Crippen LogP) is 5.18. The minimum absolute atomic E-state index is 0.0560. The maximum Gasteiger partial charge on any atom is 0.245 e. The normalized spacial score (nSPS) is 23.1. The van der Waals surface area contributed by atoms with Crippen molar-refractivity contribution in [3.05, 3.63) is 45.7 Å². The molecule has 0 unspecified atom stereocenters. The van der Waals surface area contributed by atoms with Gasteiger partial charge >= 0.3 is 0 Å². The summed E-state index contributed by atoms with van der Waals surface area (Å²) in [5, 5.41) is 10.5. The molecule has 2 aliphatic heterocycles. The van der Waals surface area contributed by atoms with Gasteiger partial charge in [0.25, 0.3) is 0 Å². The van der Waals surface area contributed by atoms with Crippen molar-refractivity contribution in [3.63, 3.8) is 0 Å². The molecule has 5 heterocycles. The number of aryl methyl sites for hydroxylation is 1. The van der Waals surface area contributed by atoms with E-state index in [0.717, 1.165) is 49.1 Å². The summed E-state index contributed by atoms with van der Waals surface area (Å²) in [5.74, 6) is 1.27. The summed E-state index contributed by atoms with van der Waals surface area (Å²) < 4.78 is 17.6. The van der Waals surface area contributed by atoms with Gasteiger partial charge in [-0.15, -0.1) is 11.3 Å². The van der Waals surface area contributed by atoms with Crippen molar-refractivity contribution < 1.29 is 14.3 Å². The molecule has 0 spiro atoms. The van der Waals surface area contributed by atoms with Gasteiger partial charge in [0, 0.05) is 47.1 Å². The van der Waals surface area contributed by atoms with Crippen LogP contribution in [0.1, 0.15) is 73.3 Å². The fourth-order valence-corrected chi connectivity index (χ4v) is 9.01. The van der Waals surface area contributed by atoms with Crippen LogP contribution < -0.4 is 15.2 Å². The number of thiophene rings is 1. The number of nitrogens with two attached hydrogens (primary N) is 1. The number of likely N-dealkylation sites (tertiary alicyclic amines) is 2. The number of carbonyl (C=O) groups excluding carboxylic acids is 1. The minimum atomic E-state index is -0.367. The van der Waals surface area contributed by atoms with Crippen LogP contribution in [-0.4, -0.2) is 75.0 Å². The summed E-state index contributed by atoms with van der Waals surface area (Å²) in [6.07, 6.45) is 7.69. The van der Waals surface area contributed by atoms with Crippen molar-refractivity contribution in [2.24, 2.45) is 0 Å². The SMILES string of the molecule is C=CC(=O)N1CCC(Oc2cc(O[C@@H](C)[C@@H]3CCCN3C)nc(-c3cc([C@@]4(C)CCCc5sc(N)c(C#N)c54)sn3)n2)CC1. The van der Waals surface area contributed by atoms with E-state index >= 15 is 0 Å². The third-order valence-electron chi connectivity index (χ3n) is 9.36. The van der Waals surface area contributed by atoms with Gasteiger partial charge in [-0.25, -0.2) is 0 Å². The van der Waals surface area contributed by atoms with E-state index in [1.54, 1.807) is 11.0 Å². The maximum atomic E-state index is 12.1. The van der Waals surface area contributed by atoms with Crippen LogP contribution in [-0.2, 0) is 16.6 Å². The molecule has 10 nitrogen and oxygen atoms in total. The standard InChI is InChI=1S/C32H39N7O3S2/c1-5-28(40)39-14-10-20(11-15-39)42-27-17-26(41-19(2)23-8-7-13-38(23)4)35-31(36-27)22-16-25(44-37-22)32(3)12-6-9-24-29(32)21(18-33)30(34)43-24/h5,16-17,19-20,23H,1,6-15,34H2,2-4H3/t19-,23-,32+/m0/s1. The summed E-state index contributed by atoms with van der Waals surface area (Å²) in [7, 11) is 2.13. The number of fused-ring (bicyclic) bond motifs is 1. The number of anilines is 1. The zero-order valence-electron chi connectivity index (χ0n) is 25.5. The van der Waals surface area contributed by atoms with Crippen molar-refractivity contribution >= 4 is 33.8 Å². The Morgan fingerprint density at radius 1 is 1.23 bits per heavy atom. The molecule has 2 fully saturated rings. The number of rotatable bonds is 8. The molecular weight excluding hydrogens is 595 g/mol. The minimum Gasteiger partial charge on any atom is -0.474 e. The number of piperidine rings is 1. The number of nitriles is 1. The van der Waals surface area contributed by atoms with Crippen LogP contribution in [0.25, 0.3) is 11.5 Å². The molecular formula is C32H39N7O3S2. The van der Waals surface area contributed by atoms with Gasteiger partial charge in [-0.05, 0) is 81.9 Å². The zero-order chi connectivity index (χ0) is 31.0. The molecule has 0 aromatic carbocycles. The Morgan fingerprint density at radius 2 is 2.00 bits per heavy atom. The average molecular weight is 634 g/mol. The summed E-state index contributed by atoms with van der Waals surface area (Å²) >= 11 is 2.95. The lowest BCUT2D eigenvalue weighted by atomic mass is 9.71. The monoisotopic (exact) mass is 633 g/mol. The zero-order valence-corrected chi connectivity index (χ0v) is 27.2. The van der Waals surface area contributed by atoms with Crippen molar-refractivity contribution in [2.45, 2.75) is 82.5 Å². The highest BCUT2D eigenvalue weighted by molar-refractivity contribution is 7.16. The van der Waals surface area contributed by atoms with Gasteiger partial charge in [-0.1, -0.05) is 13.5 Å². The smallest absolute Gasteiger partial charge is 0.245 e. The fourth-order valence-electron chi connectivity index (χ4n) is 6.91. The van der Waals surface area contributed by atoms with Gasteiger partial charge in [0.05, 0.1) is 11.6 Å². The van der Waals surface area contributed by atoms with E-state index in [1.165, 1.54) is 33.8 Å². The van der Waals surface area contributed by atoms with Crippen LogP contribution in [0.4, 0.5) is 5.00 Å². The fraction of sp³-hybridized carbons (Fsp3) is 0.531. The highest BCUT2D eigenvalue weighted by Gasteiger charge is 2.40. The lowest BCUT2D eigenvalue weighted by Gasteiger charge is -2.33. The molecule has 1 amide bonds. The molecule has 2 saturated heterocycles. The van der Waals surface area contributed by atoms with Gasteiger partial charge in [0.2, 0.25) is 17.7 Å². The third-order valence-corrected chi connectivity index (χ3v) is 11.5. The first kappa shape index (κ1) is 30.5. The molecule has 3 aromatic heterocycles. The highest BCUT2D eigenvalue weighted by atomic mass is 32.1. The Bertz CT molecular complexity index is 1590. The molecule has 6 rings (SSSR count). The Kier molecular flexibility index (Phi) is 8.64. The molecule has 0 bridgehead atoms. The molecule has 232 valence electrons. The van der Waals surface area contributed by atoms with Crippen molar-refractivity contribution in [1.82, 2.24) is 24.1 Å². The highest BCUT2D eigenvalue weighted by Crippen LogP contribution is 2.50. The van der Waals surface area contributed by atoms with Crippen LogP contribution in [0.5, 0.6) is 11.8 Å².